The summed E-state index contributed by atoms with van der Waals surface area (Å²) in [6, 6.07) is 0.572. The van der Waals surface area contributed by atoms with Gasteiger partial charge in [0.15, 0.2) is 0 Å². The molecule has 1 saturated carbocycles. The van der Waals surface area contributed by atoms with E-state index in [4.69, 9.17) is 16.7 Å². The number of halogens is 1. The zero-order valence-corrected chi connectivity index (χ0v) is 11.2. The van der Waals surface area contributed by atoms with Gasteiger partial charge >= 0.3 is 0 Å². The summed E-state index contributed by atoms with van der Waals surface area (Å²) in [5.41, 5.74) is 2.65. The van der Waals surface area contributed by atoms with E-state index in [1.54, 1.807) is 0 Å². The maximum absolute atomic E-state index is 6.55. The first-order chi connectivity index (χ1) is 8.36. The minimum atomic E-state index is 0.572. The predicted molar refractivity (Wildman–Crippen MR) is 70.6 cm³/mol. The van der Waals surface area contributed by atoms with Crippen molar-refractivity contribution in [3.05, 3.63) is 16.4 Å². The normalized spacial score (nSPS) is 22.2. The first kappa shape index (κ1) is 11.6. The van der Waals surface area contributed by atoms with Crippen molar-refractivity contribution in [2.75, 3.05) is 0 Å². The summed E-state index contributed by atoms with van der Waals surface area (Å²) in [5, 5.41) is 5.77. The molecule has 17 heavy (non-hydrogen) atoms. The number of aryl methyl sites for hydroxylation is 1. The summed E-state index contributed by atoms with van der Waals surface area (Å²) in [4.78, 5) is 0. The average molecular weight is 253 g/mol. The lowest BCUT2D eigenvalue weighted by Crippen LogP contribution is -2.14. The molecule has 0 spiro atoms. The molecule has 2 aliphatic rings. The highest BCUT2D eigenvalue weighted by Gasteiger charge is 2.23. The van der Waals surface area contributed by atoms with Gasteiger partial charge < -0.3 is 0 Å². The Morgan fingerprint density at radius 3 is 2.47 bits per heavy atom. The quantitative estimate of drug-likeness (QED) is 0.681. The van der Waals surface area contributed by atoms with Gasteiger partial charge in [-0.1, -0.05) is 37.3 Å². The molecule has 94 valence electrons. The Bertz CT molecular complexity index is 391. The summed E-state index contributed by atoms with van der Waals surface area (Å²) in [5.74, 6) is 0. The second-order valence-electron chi connectivity index (χ2n) is 5.51. The van der Waals surface area contributed by atoms with Gasteiger partial charge in [0.1, 0.15) is 5.15 Å². The summed E-state index contributed by atoms with van der Waals surface area (Å²) in [7, 11) is 0. The van der Waals surface area contributed by atoms with Crippen molar-refractivity contribution < 1.29 is 0 Å². The molecule has 2 nitrogen and oxygen atoms in total. The van der Waals surface area contributed by atoms with Crippen molar-refractivity contribution in [2.45, 2.75) is 70.3 Å². The monoisotopic (exact) mass is 252 g/mol. The fraction of sp³-hybridized carbons (Fsp3) is 0.786. The van der Waals surface area contributed by atoms with E-state index in [0.29, 0.717) is 6.04 Å². The summed E-state index contributed by atoms with van der Waals surface area (Å²) in [6.45, 7) is 0. The van der Waals surface area contributed by atoms with Crippen LogP contribution in [0.15, 0.2) is 0 Å². The maximum Gasteiger partial charge on any atom is 0.130 e. The Hall–Kier alpha value is -0.500. The van der Waals surface area contributed by atoms with Crippen LogP contribution in [0, 0.1) is 0 Å². The van der Waals surface area contributed by atoms with E-state index in [0.717, 1.165) is 18.0 Å². The zero-order chi connectivity index (χ0) is 11.7. The Morgan fingerprint density at radius 2 is 1.65 bits per heavy atom. The number of nitrogens with zero attached hydrogens (tertiary/aromatic N) is 2. The van der Waals surface area contributed by atoms with E-state index in [-0.39, 0.29) is 0 Å². The van der Waals surface area contributed by atoms with E-state index in [2.05, 4.69) is 4.68 Å². The highest BCUT2D eigenvalue weighted by Crippen LogP contribution is 2.34. The molecule has 0 atom stereocenters. The minimum absolute atomic E-state index is 0.572. The van der Waals surface area contributed by atoms with Crippen LogP contribution in [0.2, 0.25) is 5.15 Å². The van der Waals surface area contributed by atoms with Crippen LogP contribution in [0.3, 0.4) is 0 Å². The van der Waals surface area contributed by atoms with Crippen LogP contribution < -0.4 is 0 Å². The Morgan fingerprint density at radius 1 is 0.941 bits per heavy atom. The molecule has 1 aromatic rings. The molecule has 0 unspecified atom stereocenters. The lowest BCUT2D eigenvalue weighted by molar-refractivity contribution is 0.328. The first-order valence-electron chi connectivity index (χ1n) is 7.12. The van der Waals surface area contributed by atoms with Gasteiger partial charge in [-0.3, -0.25) is 4.68 Å². The second kappa shape index (κ2) is 5.01. The van der Waals surface area contributed by atoms with Crippen molar-refractivity contribution in [3.63, 3.8) is 0 Å². The van der Waals surface area contributed by atoms with E-state index >= 15 is 0 Å². The largest absolute Gasteiger partial charge is 0.250 e. The topological polar surface area (TPSA) is 17.8 Å². The summed E-state index contributed by atoms with van der Waals surface area (Å²) >= 11 is 6.55. The average Bonchev–Trinajstić information content (AvgIpc) is 2.56. The maximum atomic E-state index is 6.55. The van der Waals surface area contributed by atoms with Gasteiger partial charge in [-0.2, -0.15) is 5.10 Å². The van der Waals surface area contributed by atoms with Gasteiger partial charge in [0.25, 0.3) is 0 Å². The molecule has 0 N–H and O–H groups in total. The lowest BCUT2D eigenvalue weighted by atomic mass is 9.96. The van der Waals surface area contributed by atoms with Crippen molar-refractivity contribution in [1.29, 1.82) is 0 Å². The van der Waals surface area contributed by atoms with E-state index in [1.807, 2.05) is 0 Å². The minimum Gasteiger partial charge on any atom is -0.250 e. The Labute approximate surface area is 108 Å². The summed E-state index contributed by atoms with van der Waals surface area (Å²) in [6.07, 6.45) is 12.8. The fourth-order valence-electron chi connectivity index (χ4n) is 3.28. The highest BCUT2D eigenvalue weighted by molar-refractivity contribution is 6.30. The fourth-order valence-corrected chi connectivity index (χ4v) is 3.66. The molecule has 2 aliphatic carbocycles. The molecule has 0 amide bonds. The standard InChI is InChI=1S/C14H21ClN2/c15-14-12-9-5-2-6-10-13(12)16-17(14)11-7-3-1-4-8-11/h11H,1-10H2. The molecule has 0 saturated heterocycles. The SMILES string of the molecule is Clc1c2c(nn1C1CCCCC1)CCCCC2. The van der Waals surface area contributed by atoms with E-state index in [1.165, 1.54) is 62.6 Å². The van der Waals surface area contributed by atoms with Crippen LogP contribution >= 0.6 is 11.6 Å². The van der Waals surface area contributed by atoms with Gasteiger partial charge in [-0.25, -0.2) is 0 Å². The molecule has 0 aliphatic heterocycles. The van der Waals surface area contributed by atoms with Crippen LogP contribution in [0.5, 0.6) is 0 Å². The number of hydrogen-bond donors (Lipinski definition) is 0. The van der Waals surface area contributed by atoms with Gasteiger partial charge in [-0.05, 0) is 38.5 Å². The zero-order valence-electron chi connectivity index (χ0n) is 10.4. The second-order valence-corrected chi connectivity index (χ2v) is 5.87. The molecule has 0 aromatic carbocycles. The van der Waals surface area contributed by atoms with Crippen LogP contribution in [0.25, 0.3) is 0 Å². The van der Waals surface area contributed by atoms with Crippen molar-refractivity contribution in [2.24, 2.45) is 0 Å². The number of hydrogen-bond acceptors (Lipinski definition) is 1. The third-order valence-corrected chi connectivity index (χ3v) is 4.69. The molecule has 3 heteroatoms. The van der Waals surface area contributed by atoms with Crippen molar-refractivity contribution >= 4 is 11.6 Å². The molecule has 3 rings (SSSR count). The smallest absolute Gasteiger partial charge is 0.130 e. The first-order valence-corrected chi connectivity index (χ1v) is 7.50. The Kier molecular flexibility index (Phi) is 3.41. The third kappa shape index (κ3) is 2.24. The van der Waals surface area contributed by atoms with Crippen LogP contribution in [0.1, 0.15) is 68.7 Å². The molecule has 0 radical (unpaired) electrons. The van der Waals surface area contributed by atoms with Crippen LogP contribution in [-0.4, -0.2) is 9.78 Å². The van der Waals surface area contributed by atoms with Gasteiger partial charge in [0.2, 0.25) is 0 Å². The number of aromatic nitrogens is 2. The van der Waals surface area contributed by atoms with E-state index in [9.17, 15) is 0 Å². The predicted octanol–water partition coefficient (Wildman–Crippen LogP) is 4.31. The molecule has 1 aromatic heterocycles. The summed E-state index contributed by atoms with van der Waals surface area (Å²) < 4.78 is 2.15. The van der Waals surface area contributed by atoms with Crippen LogP contribution in [-0.2, 0) is 12.8 Å². The number of rotatable bonds is 1. The number of fused-ring (bicyclic) bond motifs is 1. The van der Waals surface area contributed by atoms with Crippen molar-refractivity contribution in [1.82, 2.24) is 9.78 Å². The molecular formula is C14H21ClN2. The highest BCUT2D eigenvalue weighted by atomic mass is 35.5. The third-order valence-electron chi connectivity index (χ3n) is 4.29. The van der Waals surface area contributed by atoms with E-state index < -0.39 is 0 Å². The van der Waals surface area contributed by atoms with Crippen LogP contribution in [0.4, 0.5) is 0 Å². The van der Waals surface area contributed by atoms with Gasteiger partial charge in [0, 0.05) is 5.56 Å². The lowest BCUT2D eigenvalue weighted by Gasteiger charge is -2.22. The Balaban J connectivity index is 1.89. The van der Waals surface area contributed by atoms with Gasteiger partial charge in [-0.15, -0.1) is 0 Å². The molecule has 0 bridgehead atoms. The molecular weight excluding hydrogens is 232 g/mol. The molecule has 1 heterocycles. The van der Waals surface area contributed by atoms with Crippen molar-refractivity contribution in [3.8, 4) is 0 Å². The van der Waals surface area contributed by atoms with Gasteiger partial charge in [0.05, 0.1) is 11.7 Å². The molecule has 1 fully saturated rings.